The number of benzene rings is 1. The lowest BCUT2D eigenvalue weighted by Crippen LogP contribution is -2.16. The average Bonchev–Trinajstić information content (AvgIpc) is 2.86. The quantitative estimate of drug-likeness (QED) is 0.766. The minimum absolute atomic E-state index is 0.581. The largest absolute Gasteiger partial charge is 0.318 e. The van der Waals surface area contributed by atoms with Crippen molar-refractivity contribution in [2.75, 3.05) is 6.54 Å². The predicted octanol–water partition coefficient (Wildman–Crippen LogP) is 4.67. The maximum absolute atomic E-state index is 6.27. The summed E-state index contributed by atoms with van der Waals surface area (Å²) in [6.45, 7) is 4.05. The number of rotatable bonds is 6. The molecule has 0 saturated carbocycles. The number of aromatic nitrogens is 1. The molecule has 0 atom stereocenters. The Hall–Kier alpha value is -0.960. The molecular weight excluding hydrogens is 279 g/mol. The van der Waals surface area contributed by atoms with Gasteiger partial charge in [-0.2, -0.15) is 0 Å². The Balaban J connectivity index is 2.17. The highest BCUT2D eigenvalue weighted by atomic mass is 35.5. The number of nitrogens with zero attached hydrogens (tertiary/aromatic N) is 1. The van der Waals surface area contributed by atoms with Crippen molar-refractivity contribution in [3.63, 3.8) is 0 Å². The van der Waals surface area contributed by atoms with Gasteiger partial charge in [-0.15, -0.1) is 0 Å². The molecule has 0 amide bonds. The molecule has 0 aliphatic rings. The first-order chi connectivity index (χ1) is 9.24. The Kier molecular flexibility index (Phi) is 5.32. The Morgan fingerprint density at radius 3 is 2.79 bits per heavy atom. The highest BCUT2D eigenvalue weighted by Crippen LogP contribution is 2.29. The topological polar surface area (TPSA) is 17.0 Å². The van der Waals surface area contributed by atoms with Gasteiger partial charge in [-0.25, -0.2) is 0 Å². The molecule has 0 aliphatic heterocycles. The van der Waals surface area contributed by atoms with E-state index in [4.69, 9.17) is 23.2 Å². The minimum Gasteiger partial charge on any atom is -0.318 e. The maximum atomic E-state index is 6.27. The highest BCUT2D eigenvalue weighted by Gasteiger charge is 2.09. The first kappa shape index (κ1) is 14.4. The van der Waals surface area contributed by atoms with Crippen molar-refractivity contribution < 1.29 is 0 Å². The van der Waals surface area contributed by atoms with Gasteiger partial charge in [-0.05, 0) is 37.2 Å². The molecule has 1 aromatic carbocycles. The van der Waals surface area contributed by atoms with Crippen LogP contribution in [0.2, 0.25) is 10.0 Å². The zero-order valence-electron chi connectivity index (χ0n) is 11.0. The molecule has 2 aromatic rings. The van der Waals surface area contributed by atoms with Gasteiger partial charge in [-0.1, -0.05) is 42.6 Å². The number of nitrogens with one attached hydrogen (secondary N) is 1. The van der Waals surface area contributed by atoms with Gasteiger partial charge in [0.15, 0.2) is 0 Å². The fourth-order valence-electron chi connectivity index (χ4n) is 1.99. The van der Waals surface area contributed by atoms with Crippen LogP contribution >= 0.6 is 23.2 Å². The van der Waals surface area contributed by atoms with Crippen LogP contribution in [0.1, 0.15) is 25.5 Å². The number of hydrogen-bond acceptors (Lipinski definition) is 1. The van der Waals surface area contributed by atoms with Gasteiger partial charge in [0, 0.05) is 18.4 Å². The molecular formula is C15H18Cl2N2. The monoisotopic (exact) mass is 296 g/mol. The van der Waals surface area contributed by atoms with E-state index in [2.05, 4.69) is 22.9 Å². The third-order valence-electron chi connectivity index (χ3n) is 3.04. The summed E-state index contributed by atoms with van der Waals surface area (Å²) in [5.41, 5.74) is 2.10. The second-order valence-electron chi connectivity index (χ2n) is 4.47. The summed E-state index contributed by atoms with van der Waals surface area (Å²) in [6, 6.07) is 9.81. The van der Waals surface area contributed by atoms with Crippen LogP contribution in [-0.4, -0.2) is 11.1 Å². The van der Waals surface area contributed by atoms with E-state index in [0.29, 0.717) is 10.0 Å². The summed E-state index contributed by atoms with van der Waals surface area (Å²) < 4.78 is 2.08. The summed E-state index contributed by atoms with van der Waals surface area (Å²) in [4.78, 5) is 0. The van der Waals surface area contributed by atoms with Crippen molar-refractivity contribution in [2.45, 2.75) is 26.3 Å². The smallest absolute Gasteiger partial charge is 0.0832 e. The lowest BCUT2D eigenvalue weighted by atomic mass is 10.3. The SMILES string of the molecule is CCCCNCc1cccn1-c1cccc(Cl)c1Cl. The highest BCUT2D eigenvalue weighted by molar-refractivity contribution is 6.43. The summed E-state index contributed by atoms with van der Waals surface area (Å²) in [6.07, 6.45) is 4.40. The second-order valence-corrected chi connectivity index (χ2v) is 5.26. The van der Waals surface area contributed by atoms with Crippen molar-refractivity contribution in [1.29, 1.82) is 0 Å². The summed E-state index contributed by atoms with van der Waals surface area (Å²) in [5, 5.41) is 4.61. The second kappa shape index (κ2) is 6.99. The first-order valence-electron chi connectivity index (χ1n) is 6.55. The van der Waals surface area contributed by atoms with Crippen molar-refractivity contribution in [3.8, 4) is 5.69 Å². The predicted molar refractivity (Wildman–Crippen MR) is 82.4 cm³/mol. The van der Waals surface area contributed by atoms with E-state index in [9.17, 15) is 0 Å². The van der Waals surface area contributed by atoms with E-state index in [1.54, 1.807) is 6.07 Å². The van der Waals surface area contributed by atoms with Gasteiger partial charge >= 0.3 is 0 Å². The van der Waals surface area contributed by atoms with Crippen LogP contribution in [-0.2, 0) is 6.54 Å². The van der Waals surface area contributed by atoms with Crippen molar-refractivity contribution in [2.24, 2.45) is 0 Å². The molecule has 0 bridgehead atoms. The van der Waals surface area contributed by atoms with Gasteiger partial charge < -0.3 is 9.88 Å². The van der Waals surface area contributed by atoms with Crippen molar-refractivity contribution in [1.82, 2.24) is 9.88 Å². The van der Waals surface area contributed by atoms with Gasteiger partial charge in [-0.3, -0.25) is 0 Å². The van der Waals surface area contributed by atoms with Crippen molar-refractivity contribution in [3.05, 3.63) is 52.3 Å². The van der Waals surface area contributed by atoms with E-state index < -0.39 is 0 Å². The molecule has 102 valence electrons. The molecule has 4 heteroatoms. The Bertz CT molecular complexity index is 535. The van der Waals surface area contributed by atoms with Crippen LogP contribution < -0.4 is 5.32 Å². The standard InChI is InChI=1S/C15H18Cl2N2/c1-2-3-9-18-11-12-6-5-10-19(12)14-8-4-7-13(16)15(14)17/h4-8,10,18H,2-3,9,11H2,1H3. The molecule has 1 N–H and O–H groups in total. The molecule has 2 rings (SSSR count). The molecule has 0 saturated heterocycles. The van der Waals surface area contributed by atoms with Crippen LogP contribution in [0.25, 0.3) is 5.69 Å². The molecule has 0 unspecified atom stereocenters. The Morgan fingerprint density at radius 1 is 1.16 bits per heavy atom. The lowest BCUT2D eigenvalue weighted by molar-refractivity contribution is 0.627. The Labute approximate surface area is 124 Å². The average molecular weight is 297 g/mol. The molecule has 19 heavy (non-hydrogen) atoms. The van der Waals surface area contributed by atoms with Crippen LogP contribution in [0.5, 0.6) is 0 Å². The van der Waals surface area contributed by atoms with Crippen LogP contribution in [0.3, 0.4) is 0 Å². The fourth-order valence-corrected chi connectivity index (χ4v) is 2.38. The van der Waals surface area contributed by atoms with E-state index in [1.165, 1.54) is 18.5 Å². The van der Waals surface area contributed by atoms with E-state index in [1.807, 2.05) is 24.4 Å². The molecule has 0 aliphatic carbocycles. The lowest BCUT2D eigenvalue weighted by Gasteiger charge is -2.12. The Morgan fingerprint density at radius 2 is 2.00 bits per heavy atom. The van der Waals surface area contributed by atoms with Crippen LogP contribution in [0.4, 0.5) is 0 Å². The van der Waals surface area contributed by atoms with Crippen molar-refractivity contribution >= 4 is 23.2 Å². The third kappa shape index (κ3) is 3.53. The van der Waals surface area contributed by atoms with Gasteiger partial charge in [0.25, 0.3) is 0 Å². The minimum atomic E-state index is 0.581. The molecule has 2 nitrogen and oxygen atoms in total. The van der Waals surface area contributed by atoms with E-state index in [-0.39, 0.29) is 0 Å². The number of hydrogen-bond donors (Lipinski definition) is 1. The molecule has 1 heterocycles. The van der Waals surface area contributed by atoms with Gasteiger partial charge in [0.2, 0.25) is 0 Å². The first-order valence-corrected chi connectivity index (χ1v) is 7.31. The van der Waals surface area contributed by atoms with E-state index >= 15 is 0 Å². The number of unbranched alkanes of at least 4 members (excludes halogenated alkanes) is 1. The normalized spacial score (nSPS) is 10.9. The maximum Gasteiger partial charge on any atom is 0.0832 e. The zero-order valence-corrected chi connectivity index (χ0v) is 12.5. The molecule has 0 fully saturated rings. The summed E-state index contributed by atoms with van der Waals surface area (Å²) in [5.74, 6) is 0. The zero-order chi connectivity index (χ0) is 13.7. The van der Waals surface area contributed by atoms with Crippen LogP contribution in [0, 0.1) is 0 Å². The van der Waals surface area contributed by atoms with Gasteiger partial charge in [0.05, 0.1) is 15.7 Å². The fraction of sp³-hybridized carbons (Fsp3) is 0.333. The molecule has 0 radical (unpaired) electrons. The molecule has 1 aromatic heterocycles. The van der Waals surface area contributed by atoms with Crippen LogP contribution in [0.15, 0.2) is 36.5 Å². The third-order valence-corrected chi connectivity index (χ3v) is 3.85. The van der Waals surface area contributed by atoms with E-state index in [0.717, 1.165) is 18.8 Å². The number of halogens is 2. The molecule has 0 spiro atoms. The summed E-state index contributed by atoms with van der Waals surface area (Å²) in [7, 11) is 0. The summed E-state index contributed by atoms with van der Waals surface area (Å²) >= 11 is 12.3. The van der Waals surface area contributed by atoms with Gasteiger partial charge in [0.1, 0.15) is 0 Å².